The van der Waals surface area contributed by atoms with Gasteiger partial charge in [0.2, 0.25) is 0 Å². The molecule has 1 amide bonds. The van der Waals surface area contributed by atoms with Gasteiger partial charge in [-0.15, -0.1) is 0 Å². The summed E-state index contributed by atoms with van der Waals surface area (Å²) in [6.45, 7) is 6.01. The van der Waals surface area contributed by atoms with Crippen LogP contribution in [0.4, 0.5) is 0 Å². The summed E-state index contributed by atoms with van der Waals surface area (Å²) in [5.74, 6) is 0.662. The van der Waals surface area contributed by atoms with E-state index in [-0.39, 0.29) is 17.8 Å². The van der Waals surface area contributed by atoms with Gasteiger partial charge in [-0.25, -0.2) is 0 Å². The van der Waals surface area contributed by atoms with E-state index in [4.69, 9.17) is 4.74 Å². The lowest BCUT2D eigenvalue weighted by molar-refractivity contribution is -0.149. The standard InChI is InChI=1S/C23H34N4O3/c1-3-30-22(29)20-11-8-14-27(17-20)23(24-2)25-16-18-9-7-10-19(15-18)21(28)26-12-5-4-6-13-26/h7,9-10,15,20H,3-6,8,11-14,16-17H2,1-2H3,(H,24,25)/t20-/m0/s1. The zero-order valence-corrected chi connectivity index (χ0v) is 18.2. The van der Waals surface area contributed by atoms with Crippen molar-refractivity contribution in [2.45, 2.75) is 45.6 Å². The van der Waals surface area contributed by atoms with Crippen LogP contribution in [0.3, 0.4) is 0 Å². The Morgan fingerprint density at radius 3 is 2.63 bits per heavy atom. The summed E-state index contributed by atoms with van der Waals surface area (Å²) < 4.78 is 5.20. The lowest BCUT2D eigenvalue weighted by Gasteiger charge is -2.34. The van der Waals surface area contributed by atoms with Crippen molar-refractivity contribution in [2.75, 3.05) is 39.8 Å². The van der Waals surface area contributed by atoms with Crippen molar-refractivity contribution in [2.24, 2.45) is 10.9 Å². The number of carbonyl (C=O) groups is 2. The lowest BCUT2D eigenvalue weighted by Crippen LogP contribution is -2.48. The molecule has 2 saturated heterocycles. The number of hydrogen-bond acceptors (Lipinski definition) is 4. The molecular formula is C23H34N4O3. The largest absolute Gasteiger partial charge is 0.466 e. The summed E-state index contributed by atoms with van der Waals surface area (Å²) in [7, 11) is 1.76. The number of hydrogen-bond donors (Lipinski definition) is 1. The number of amides is 1. The minimum Gasteiger partial charge on any atom is -0.466 e. The number of ether oxygens (including phenoxy) is 1. The molecule has 0 radical (unpaired) electrons. The monoisotopic (exact) mass is 414 g/mol. The first-order chi connectivity index (χ1) is 14.6. The highest BCUT2D eigenvalue weighted by Gasteiger charge is 2.28. The Hall–Kier alpha value is -2.57. The van der Waals surface area contributed by atoms with Crippen LogP contribution in [-0.4, -0.2) is 67.5 Å². The van der Waals surface area contributed by atoms with Crippen LogP contribution >= 0.6 is 0 Å². The van der Waals surface area contributed by atoms with Gasteiger partial charge < -0.3 is 19.9 Å². The lowest BCUT2D eigenvalue weighted by atomic mass is 9.98. The molecule has 1 N–H and O–H groups in total. The Labute approximate surface area is 179 Å². The minimum absolute atomic E-state index is 0.109. The van der Waals surface area contributed by atoms with Gasteiger partial charge in [0.05, 0.1) is 12.5 Å². The number of esters is 1. The molecule has 7 nitrogen and oxygen atoms in total. The number of piperidine rings is 2. The second-order valence-electron chi connectivity index (χ2n) is 7.99. The Kier molecular flexibility index (Phi) is 8.11. The molecule has 2 aliphatic heterocycles. The molecule has 0 aromatic heterocycles. The van der Waals surface area contributed by atoms with E-state index in [1.807, 2.05) is 36.1 Å². The van der Waals surface area contributed by atoms with Crippen LogP contribution in [-0.2, 0) is 16.1 Å². The van der Waals surface area contributed by atoms with Gasteiger partial charge in [-0.2, -0.15) is 0 Å². The molecule has 0 spiro atoms. The van der Waals surface area contributed by atoms with E-state index in [1.165, 1.54) is 6.42 Å². The Morgan fingerprint density at radius 2 is 1.90 bits per heavy atom. The molecule has 3 rings (SSSR count). The number of carbonyl (C=O) groups excluding carboxylic acids is 2. The van der Waals surface area contributed by atoms with Crippen LogP contribution in [0.5, 0.6) is 0 Å². The third-order valence-electron chi connectivity index (χ3n) is 5.82. The van der Waals surface area contributed by atoms with Crippen molar-refractivity contribution >= 4 is 17.8 Å². The molecular weight excluding hydrogens is 380 g/mol. The molecule has 164 valence electrons. The number of aliphatic imine (C=N–C) groups is 1. The minimum atomic E-state index is -0.124. The maximum atomic E-state index is 12.8. The van der Waals surface area contributed by atoms with Gasteiger partial charge in [-0.1, -0.05) is 12.1 Å². The highest BCUT2D eigenvalue weighted by molar-refractivity contribution is 5.94. The molecule has 2 fully saturated rings. The molecule has 1 aromatic rings. The van der Waals surface area contributed by atoms with E-state index in [2.05, 4.69) is 15.2 Å². The second kappa shape index (κ2) is 11.0. The first-order valence-corrected chi connectivity index (χ1v) is 11.1. The van der Waals surface area contributed by atoms with Crippen molar-refractivity contribution in [3.63, 3.8) is 0 Å². The van der Waals surface area contributed by atoms with E-state index in [0.29, 0.717) is 19.7 Å². The molecule has 2 aliphatic rings. The van der Waals surface area contributed by atoms with E-state index in [1.54, 1.807) is 7.05 Å². The van der Waals surface area contributed by atoms with Crippen LogP contribution < -0.4 is 5.32 Å². The van der Waals surface area contributed by atoms with Crippen molar-refractivity contribution in [3.8, 4) is 0 Å². The van der Waals surface area contributed by atoms with Gasteiger partial charge >= 0.3 is 5.97 Å². The normalized spacial score (nSPS) is 20.1. The fourth-order valence-corrected chi connectivity index (χ4v) is 4.23. The number of likely N-dealkylation sites (tertiary alicyclic amines) is 2. The van der Waals surface area contributed by atoms with Crippen molar-refractivity contribution in [3.05, 3.63) is 35.4 Å². The fraction of sp³-hybridized carbons (Fsp3) is 0.609. The first kappa shape index (κ1) is 22.1. The molecule has 0 bridgehead atoms. The number of guanidine groups is 1. The summed E-state index contributed by atoms with van der Waals surface area (Å²) in [6, 6.07) is 7.82. The summed E-state index contributed by atoms with van der Waals surface area (Å²) in [5, 5.41) is 3.39. The third kappa shape index (κ3) is 5.74. The highest BCUT2D eigenvalue weighted by atomic mass is 16.5. The first-order valence-electron chi connectivity index (χ1n) is 11.1. The molecule has 7 heteroatoms. The average molecular weight is 415 g/mol. The maximum absolute atomic E-state index is 12.8. The van der Waals surface area contributed by atoms with Gasteiger partial charge in [0.1, 0.15) is 0 Å². The Morgan fingerprint density at radius 1 is 1.13 bits per heavy atom. The quantitative estimate of drug-likeness (QED) is 0.456. The van der Waals surface area contributed by atoms with E-state index >= 15 is 0 Å². The Balaban J connectivity index is 1.58. The third-order valence-corrected chi connectivity index (χ3v) is 5.82. The van der Waals surface area contributed by atoms with Crippen molar-refractivity contribution in [1.82, 2.24) is 15.1 Å². The smallest absolute Gasteiger partial charge is 0.310 e. The van der Waals surface area contributed by atoms with Gasteiger partial charge in [0.15, 0.2) is 5.96 Å². The Bertz CT molecular complexity index is 759. The van der Waals surface area contributed by atoms with Crippen LogP contribution in [0.25, 0.3) is 0 Å². The second-order valence-corrected chi connectivity index (χ2v) is 7.99. The van der Waals surface area contributed by atoms with Crippen LogP contribution in [0.15, 0.2) is 29.3 Å². The van der Waals surface area contributed by atoms with Gasteiger partial charge in [0, 0.05) is 45.3 Å². The highest BCUT2D eigenvalue weighted by Crippen LogP contribution is 2.18. The number of benzene rings is 1. The molecule has 0 aliphatic carbocycles. The zero-order valence-electron chi connectivity index (χ0n) is 18.2. The van der Waals surface area contributed by atoms with E-state index in [0.717, 1.165) is 62.4 Å². The van der Waals surface area contributed by atoms with Crippen LogP contribution in [0, 0.1) is 5.92 Å². The van der Waals surface area contributed by atoms with Gasteiger partial charge in [-0.05, 0) is 56.7 Å². The van der Waals surface area contributed by atoms with E-state index < -0.39 is 0 Å². The molecule has 1 atom stereocenters. The predicted molar refractivity (Wildman–Crippen MR) is 117 cm³/mol. The zero-order chi connectivity index (χ0) is 21.3. The van der Waals surface area contributed by atoms with Crippen molar-refractivity contribution < 1.29 is 14.3 Å². The summed E-state index contributed by atoms with van der Waals surface area (Å²) in [4.78, 5) is 33.4. The predicted octanol–water partition coefficient (Wildman–Crippen LogP) is 2.66. The number of rotatable bonds is 5. The fourth-order valence-electron chi connectivity index (χ4n) is 4.23. The molecule has 0 unspecified atom stereocenters. The summed E-state index contributed by atoms with van der Waals surface area (Å²) >= 11 is 0. The molecule has 1 aromatic carbocycles. The summed E-state index contributed by atoms with van der Waals surface area (Å²) in [6.07, 6.45) is 5.18. The molecule has 0 saturated carbocycles. The SMILES string of the molecule is CCOC(=O)[C@H]1CCCN(C(=NC)NCc2cccc(C(=O)N3CCCCC3)c2)C1. The molecule has 30 heavy (non-hydrogen) atoms. The number of nitrogens with zero attached hydrogens (tertiary/aromatic N) is 3. The topological polar surface area (TPSA) is 74.2 Å². The van der Waals surface area contributed by atoms with Gasteiger partial charge in [0.25, 0.3) is 5.91 Å². The van der Waals surface area contributed by atoms with Crippen LogP contribution in [0.1, 0.15) is 54.9 Å². The van der Waals surface area contributed by atoms with E-state index in [9.17, 15) is 9.59 Å². The van der Waals surface area contributed by atoms with Crippen molar-refractivity contribution in [1.29, 1.82) is 0 Å². The molecule has 2 heterocycles. The average Bonchev–Trinajstić information content (AvgIpc) is 2.80. The summed E-state index contributed by atoms with van der Waals surface area (Å²) in [5.41, 5.74) is 1.78. The van der Waals surface area contributed by atoms with Crippen LogP contribution in [0.2, 0.25) is 0 Å². The number of nitrogens with one attached hydrogen (secondary N) is 1. The maximum Gasteiger partial charge on any atom is 0.310 e. The van der Waals surface area contributed by atoms with Gasteiger partial charge in [-0.3, -0.25) is 14.6 Å².